The van der Waals surface area contributed by atoms with Gasteiger partial charge < -0.3 is 10.1 Å². The fraction of sp³-hybridized carbons (Fsp3) is 0.556. The monoisotopic (exact) mass is 396 g/mol. The van der Waals surface area contributed by atoms with E-state index in [2.05, 4.69) is 21.2 Å². The second kappa shape index (κ2) is 8.01. The highest BCUT2D eigenvalue weighted by Gasteiger charge is 2.36. The molecule has 0 aromatic heterocycles. The Morgan fingerprint density at radius 2 is 2.04 bits per heavy atom. The molecule has 6 heteroatoms. The van der Waals surface area contributed by atoms with Gasteiger partial charge in [-0.1, -0.05) is 34.1 Å². The lowest BCUT2D eigenvalue weighted by molar-refractivity contribution is -0.125. The minimum Gasteiger partial charge on any atom is -0.444 e. The fourth-order valence-corrected chi connectivity index (χ4v) is 3.20. The number of ether oxygens (including phenoxy) is 1. The zero-order chi connectivity index (χ0) is 17.7. The van der Waals surface area contributed by atoms with Gasteiger partial charge >= 0.3 is 6.09 Å². The van der Waals surface area contributed by atoms with E-state index in [-0.39, 0.29) is 5.91 Å². The van der Waals surface area contributed by atoms with Crippen LogP contribution in [0.4, 0.5) is 4.79 Å². The maximum absolute atomic E-state index is 12.4. The van der Waals surface area contributed by atoms with Crippen molar-refractivity contribution in [1.29, 1.82) is 0 Å². The summed E-state index contributed by atoms with van der Waals surface area (Å²) < 4.78 is 6.43. The quantitative estimate of drug-likeness (QED) is 0.846. The van der Waals surface area contributed by atoms with Gasteiger partial charge in [-0.25, -0.2) is 4.79 Å². The first kappa shape index (κ1) is 18.8. The van der Waals surface area contributed by atoms with Crippen LogP contribution in [0.15, 0.2) is 28.7 Å². The summed E-state index contributed by atoms with van der Waals surface area (Å²) in [4.78, 5) is 26.2. The molecule has 1 heterocycles. The highest BCUT2D eigenvalue weighted by molar-refractivity contribution is 9.10. The first-order valence-corrected chi connectivity index (χ1v) is 9.08. The number of carbonyl (C=O) groups excluding carboxylic acids is 2. The second-order valence-electron chi connectivity index (χ2n) is 6.96. The van der Waals surface area contributed by atoms with Gasteiger partial charge in [0.15, 0.2) is 0 Å². The van der Waals surface area contributed by atoms with E-state index in [1.54, 1.807) is 4.90 Å². The Balaban J connectivity index is 1.87. The molecule has 1 N–H and O–H groups in total. The van der Waals surface area contributed by atoms with Crippen LogP contribution in [0.2, 0.25) is 0 Å². The zero-order valence-corrected chi connectivity index (χ0v) is 16.1. The third kappa shape index (κ3) is 5.23. The van der Waals surface area contributed by atoms with Crippen LogP contribution in [0.3, 0.4) is 0 Å². The van der Waals surface area contributed by atoms with Crippen molar-refractivity contribution in [3.63, 3.8) is 0 Å². The van der Waals surface area contributed by atoms with Crippen molar-refractivity contribution in [2.45, 2.75) is 51.7 Å². The number of halogens is 1. The van der Waals surface area contributed by atoms with Crippen LogP contribution in [-0.4, -0.2) is 41.6 Å². The molecule has 132 valence electrons. The van der Waals surface area contributed by atoms with Gasteiger partial charge in [0, 0.05) is 17.6 Å². The molecule has 1 aromatic carbocycles. The van der Waals surface area contributed by atoms with Gasteiger partial charge in [-0.2, -0.15) is 0 Å². The van der Waals surface area contributed by atoms with Crippen molar-refractivity contribution >= 4 is 27.9 Å². The molecule has 0 unspecified atom stereocenters. The average Bonchev–Trinajstić information content (AvgIpc) is 2.97. The molecular formula is C18H25BrN2O3. The molecule has 0 spiro atoms. The fourth-order valence-electron chi connectivity index (χ4n) is 2.72. The molecule has 1 fully saturated rings. The van der Waals surface area contributed by atoms with Crippen molar-refractivity contribution < 1.29 is 14.3 Å². The van der Waals surface area contributed by atoms with E-state index in [0.29, 0.717) is 19.5 Å². The van der Waals surface area contributed by atoms with Crippen molar-refractivity contribution in [3.8, 4) is 0 Å². The number of nitrogens with zero attached hydrogens (tertiary/aromatic N) is 1. The van der Waals surface area contributed by atoms with Crippen LogP contribution in [0.25, 0.3) is 0 Å². The lowest BCUT2D eigenvalue weighted by Crippen LogP contribution is -2.47. The summed E-state index contributed by atoms with van der Waals surface area (Å²) >= 11 is 3.50. The molecule has 0 aliphatic carbocycles. The van der Waals surface area contributed by atoms with E-state index in [4.69, 9.17) is 4.74 Å². The number of amides is 2. The summed E-state index contributed by atoms with van der Waals surface area (Å²) in [6.07, 6.45) is 1.83. The first-order valence-electron chi connectivity index (χ1n) is 8.28. The molecule has 5 nitrogen and oxygen atoms in total. The Labute approximate surface area is 151 Å². The first-order chi connectivity index (χ1) is 11.3. The van der Waals surface area contributed by atoms with Crippen LogP contribution >= 0.6 is 15.9 Å². The molecule has 24 heavy (non-hydrogen) atoms. The normalized spacial score (nSPS) is 17.7. The van der Waals surface area contributed by atoms with Crippen LogP contribution in [0, 0.1) is 0 Å². The Hall–Kier alpha value is -1.56. The number of carbonyl (C=O) groups is 2. The SMILES string of the molecule is CC(C)(C)OC(=O)N1CCC[C@H]1C(=O)NCCc1ccccc1Br. The minimum atomic E-state index is -0.555. The number of benzene rings is 1. The molecule has 0 radical (unpaired) electrons. The molecule has 1 aliphatic rings. The summed E-state index contributed by atoms with van der Waals surface area (Å²) in [5.41, 5.74) is 0.591. The number of likely N-dealkylation sites (tertiary alicyclic amines) is 1. The van der Waals surface area contributed by atoms with Crippen molar-refractivity contribution in [1.82, 2.24) is 10.2 Å². The Kier molecular flexibility index (Phi) is 6.27. The number of hydrogen-bond donors (Lipinski definition) is 1. The molecule has 1 saturated heterocycles. The summed E-state index contributed by atoms with van der Waals surface area (Å²) in [7, 11) is 0. The van der Waals surface area contributed by atoms with E-state index >= 15 is 0 Å². The number of rotatable bonds is 4. The van der Waals surface area contributed by atoms with E-state index < -0.39 is 17.7 Å². The zero-order valence-electron chi connectivity index (χ0n) is 14.5. The van der Waals surface area contributed by atoms with Gasteiger partial charge in [-0.3, -0.25) is 9.69 Å². The van der Waals surface area contributed by atoms with E-state index in [0.717, 1.165) is 22.9 Å². The lowest BCUT2D eigenvalue weighted by Gasteiger charge is -2.28. The molecule has 2 rings (SSSR count). The highest BCUT2D eigenvalue weighted by atomic mass is 79.9. The predicted molar refractivity (Wildman–Crippen MR) is 96.8 cm³/mol. The topological polar surface area (TPSA) is 58.6 Å². The van der Waals surface area contributed by atoms with E-state index in [9.17, 15) is 9.59 Å². The summed E-state index contributed by atoms with van der Waals surface area (Å²) in [5.74, 6) is -0.106. The molecule has 2 amide bonds. The maximum atomic E-state index is 12.4. The molecule has 0 bridgehead atoms. The lowest BCUT2D eigenvalue weighted by atomic mass is 10.1. The van der Waals surface area contributed by atoms with Gasteiger partial charge in [-0.05, 0) is 51.7 Å². The van der Waals surface area contributed by atoms with Gasteiger partial charge in [0.2, 0.25) is 5.91 Å². The second-order valence-corrected chi connectivity index (χ2v) is 7.82. The summed E-state index contributed by atoms with van der Waals surface area (Å²) in [5, 5.41) is 2.94. The van der Waals surface area contributed by atoms with Crippen molar-refractivity contribution in [3.05, 3.63) is 34.3 Å². The molecule has 1 atom stereocenters. The van der Waals surface area contributed by atoms with Gasteiger partial charge in [0.05, 0.1) is 0 Å². The third-order valence-electron chi connectivity index (χ3n) is 3.83. The number of nitrogens with one attached hydrogen (secondary N) is 1. The van der Waals surface area contributed by atoms with Crippen molar-refractivity contribution in [2.75, 3.05) is 13.1 Å². The Bertz CT molecular complexity index is 598. The van der Waals surface area contributed by atoms with Crippen LogP contribution < -0.4 is 5.32 Å². The Morgan fingerprint density at radius 3 is 2.71 bits per heavy atom. The van der Waals surface area contributed by atoms with E-state index in [1.807, 2.05) is 45.0 Å². The van der Waals surface area contributed by atoms with Crippen molar-refractivity contribution in [2.24, 2.45) is 0 Å². The van der Waals surface area contributed by atoms with Crippen LogP contribution in [-0.2, 0) is 16.0 Å². The molecule has 1 aromatic rings. The highest BCUT2D eigenvalue weighted by Crippen LogP contribution is 2.21. The van der Waals surface area contributed by atoms with Crippen LogP contribution in [0.5, 0.6) is 0 Å². The Morgan fingerprint density at radius 1 is 1.33 bits per heavy atom. The molecule has 0 saturated carbocycles. The number of hydrogen-bond acceptors (Lipinski definition) is 3. The van der Waals surface area contributed by atoms with Gasteiger partial charge in [-0.15, -0.1) is 0 Å². The predicted octanol–water partition coefficient (Wildman–Crippen LogP) is 3.51. The molecule has 1 aliphatic heterocycles. The largest absolute Gasteiger partial charge is 0.444 e. The van der Waals surface area contributed by atoms with Gasteiger partial charge in [0.25, 0.3) is 0 Å². The van der Waals surface area contributed by atoms with Crippen LogP contribution in [0.1, 0.15) is 39.2 Å². The summed E-state index contributed by atoms with van der Waals surface area (Å²) in [6.45, 7) is 6.59. The molecular weight excluding hydrogens is 372 g/mol. The summed E-state index contributed by atoms with van der Waals surface area (Å²) in [6, 6.07) is 7.52. The minimum absolute atomic E-state index is 0.106. The standard InChI is InChI=1S/C18H25BrN2O3/c1-18(2,3)24-17(23)21-12-6-9-15(21)16(22)20-11-10-13-7-4-5-8-14(13)19/h4-5,7-8,15H,6,9-12H2,1-3H3,(H,20,22)/t15-/m0/s1. The maximum Gasteiger partial charge on any atom is 0.410 e. The average molecular weight is 397 g/mol. The third-order valence-corrected chi connectivity index (χ3v) is 4.61. The van der Waals surface area contributed by atoms with E-state index in [1.165, 1.54) is 0 Å². The smallest absolute Gasteiger partial charge is 0.410 e. The van der Waals surface area contributed by atoms with Gasteiger partial charge in [0.1, 0.15) is 11.6 Å².